The van der Waals surface area contributed by atoms with Gasteiger partial charge in [0.2, 0.25) is 0 Å². The molecule has 0 atom stereocenters. The number of hydrogen-bond donors (Lipinski definition) is 1. The number of thiol groups is 1. The fourth-order valence-electron chi connectivity index (χ4n) is 2.71. The van der Waals surface area contributed by atoms with Gasteiger partial charge >= 0.3 is 6.01 Å². The first-order valence-electron chi connectivity index (χ1n) is 7.02. The third-order valence-corrected chi connectivity index (χ3v) is 4.67. The summed E-state index contributed by atoms with van der Waals surface area (Å²) in [5.74, 6) is 0.867. The van der Waals surface area contributed by atoms with E-state index in [4.69, 9.17) is 4.74 Å². The summed E-state index contributed by atoms with van der Waals surface area (Å²) >= 11 is 4.48. The van der Waals surface area contributed by atoms with Crippen molar-refractivity contribution in [2.24, 2.45) is 5.41 Å². The van der Waals surface area contributed by atoms with Gasteiger partial charge in [-0.2, -0.15) is 17.6 Å². The van der Waals surface area contributed by atoms with Crippen molar-refractivity contribution in [2.45, 2.75) is 25.7 Å². The lowest BCUT2D eigenvalue weighted by Crippen LogP contribution is -2.27. The smallest absolute Gasteiger partial charge is 0.335 e. The molecule has 20 heavy (non-hydrogen) atoms. The van der Waals surface area contributed by atoms with E-state index in [0.29, 0.717) is 12.6 Å². The Hall–Kier alpha value is -1.49. The van der Waals surface area contributed by atoms with Gasteiger partial charge in [0, 0.05) is 5.41 Å². The summed E-state index contributed by atoms with van der Waals surface area (Å²) in [5.41, 5.74) is 1.20. The fourth-order valence-corrected chi connectivity index (χ4v) is 3.12. The van der Waals surface area contributed by atoms with Crippen molar-refractivity contribution < 1.29 is 4.74 Å². The van der Waals surface area contributed by atoms with Gasteiger partial charge in [-0.3, -0.25) is 0 Å². The SMILES string of the molecule is SCC1(COc2ncn(-c3ccccc3)n2)CCCC1. The molecule has 106 valence electrons. The maximum Gasteiger partial charge on any atom is 0.335 e. The Kier molecular flexibility index (Phi) is 3.96. The first-order valence-corrected chi connectivity index (χ1v) is 7.65. The van der Waals surface area contributed by atoms with Crippen LogP contribution in [-0.2, 0) is 0 Å². The second-order valence-corrected chi connectivity index (χ2v) is 5.78. The molecule has 0 amide bonds. The van der Waals surface area contributed by atoms with Crippen LogP contribution in [0.3, 0.4) is 0 Å². The van der Waals surface area contributed by atoms with E-state index < -0.39 is 0 Å². The quantitative estimate of drug-likeness (QED) is 0.860. The first-order chi connectivity index (χ1) is 9.81. The molecule has 0 radical (unpaired) electrons. The van der Waals surface area contributed by atoms with Gasteiger partial charge in [0.25, 0.3) is 0 Å². The minimum Gasteiger partial charge on any atom is -0.462 e. The third-order valence-electron chi connectivity index (χ3n) is 4.00. The van der Waals surface area contributed by atoms with Crippen LogP contribution in [-0.4, -0.2) is 27.1 Å². The van der Waals surface area contributed by atoms with Crippen molar-refractivity contribution in [3.63, 3.8) is 0 Å². The van der Waals surface area contributed by atoms with Gasteiger partial charge < -0.3 is 4.74 Å². The summed E-state index contributed by atoms with van der Waals surface area (Å²) in [6.07, 6.45) is 6.62. The number of nitrogens with zero attached hydrogens (tertiary/aromatic N) is 3. The molecule has 4 nitrogen and oxygen atoms in total. The highest BCUT2D eigenvalue weighted by molar-refractivity contribution is 7.80. The summed E-state index contributed by atoms with van der Waals surface area (Å²) in [4.78, 5) is 4.22. The largest absolute Gasteiger partial charge is 0.462 e. The summed E-state index contributed by atoms with van der Waals surface area (Å²) in [5, 5.41) is 4.37. The molecule has 0 N–H and O–H groups in total. The summed E-state index contributed by atoms with van der Waals surface area (Å²) < 4.78 is 7.53. The molecule has 1 saturated carbocycles. The summed E-state index contributed by atoms with van der Waals surface area (Å²) in [6.45, 7) is 0.662. The molecule has 0 aliphatic heterocycles. The van der Waals surface area contributed by atoms with E-state index in [1.165, 1.54) is 25.7 Å². The zero-order valence-corrected chi connectivity index (χ0v) is 12.3. The van der Waals surface area contributed by atoms with Crippen molar-refractivity contribution in [3.8, 4) is 11.7 Å². The summed E-state index contributed by atoms with van der Waals surface area (Å²) in [6, 6.07) is 10.4. The second kappa shape index (κ2) is 5.87. The van der Waals surface area contributed by atoms with Crippen LogP contribution in [0.1, 0.15) is 25.7 Å². The van der Waals surface area contributed by atoms with Crippen LogP contribution >= 0.6 is 12.6 Å². The van der Waals surface area contributed by atoms with Gasteiger partial charge in [0.1, 0.15) is 6.33 Å². The van der Waals surface area contributed by atoms with Crippen LogP contribution in [0.2, 0.25) is 0 Å². The molecule has 0 saturated heterocycles. The third kappa shape index (κ3) is 2.82. The number of hydrogen-bond acceptors (Lipinski definition) is 4. The molecule has 3 rings (SSSR count). The first kappa shape index (κ1) is 13.5. The Morgan fingerprint density at radius 2 is 1.95 bits per heavy atom. The predicted octanol–water partition coefficient (Wildman–Crippen LogP) is 3.14. The van der Waals surface area contributed by atoms with Gasteiger partial charge in [-0.05, 0) is 30.7 Å². The molecule has 1 aliphatic carbocycles. The molecular formula is C15H19N3OS. The number of rotatable bonds is 5. The molecule has 1 aliphatic rings. The normalized spacial score (nSPS) is 17.2. The summed E-state index contributed by atoms with van der Waals surface area (Å²) in [7, 11) is 0. The average molecular weight is 289 g/mol. The molecular weight excluding hydrogens is 270 g/mol. The number of para-hydroxylation sites is 1. The lowest BCUT2D eigenvalue weighted by atomic mass is 9.90. The van der Waals surface area contributed by atoms with Crippen LogP contribution in [0.15, 0.2) is 36.7 Å². The zero-order chi connectivity index (χ0) is 13.8. The van der Waals surface area contributed by atoms with Crippen molar-refractivity contribution in [1.82, 2.24) is 14.8 Å². The molecule has 2 aromatic rings. The highest BCUT2D eigenvalue weighted by Crippen LogP contribution is 2.39. The Morgan fingerprint density at radius 1 is 1.20 bits per heavy atom. The van der Waals surface area contributed by atoms with E-state index in [2.05, 4.69) is 22.7 Å². The number of ether oxygens (including phenoxy) is 1. The predicted molar refractivity (Wildman–Crippen MR) is 81.6 cm³/mol. The monoisotopic (exact) mass is 289 g/mol. The lowest BCUT2D eigenvalue weighted by molar-refractivity contribution is 0.162. The minimum absolute atomic E-state index is 0.210. The highest BCUT2D eigenvalue weighted by Gasteiger charge is 2.33. The number of aromatic nitrogens is 3. The Labute approximate surface area is 124 Å². The van der Waals surface area contributed by atoms with E-state index >= 15 is 0 Å². The van der Waals surface area contributed by atoms with Crippen molar-refractivity contribution in [2.75, 3.05) is 12.4 Å². The minimum atomic E-state index is 0.210. The zero-order valence-electron chi connectivity index (χ0n) is 11.4. The molecule has 0 spiro atoms. The van der Waals surface area contributed by atoms with E-state index in [9.17, 15) is 0 Å². The topological polar surface area (TPSA) is 39.9 Å². The maximum atomic E-state index is 5.79. The van der Waals surface area contributed by atoms with Crippen LogP contribution in [0.4, 0.5) is 0 Å². The molecule has 1 aromatic heterocycles. The Balaban J connectivity index is 1.66. The molecule has 5 heteroatoms. The molecule has 1 heterocycles. The molecule has 0 unspecified atom stereocenters. The van der Waals surface area contributed by atoms with Crippen LogP contribution in [0.25, 0.3) is 5.69 Å². The van der Waals surface area contributed by atoms with Crippen molar-refractivity contribution in [3.05, 3.63) is 36.7 Å². The van der Waals surface area contributed by atoms with Gasteiger partial charge in [-0.1, -0.05) is 31.0 Å². The maximum absolute atomic E-state index is 5.79. The van der Waals surface area contributed by atoms with Crippen molar-refractivity contribution in [1.29, 1.82) is 0 Å². The van der Waals surface area contributed by atoms with Crippen LogP contribution < -0.4 is 4.74 Å². The standard InChI is InChI=1S/C15H19N3OS/c20-11-15(8-4-5-9-15)10-19-14-16-12-18(17-14)13-6-2-1-3-7-13/h1-3,6-7,12,20H,4-5,8-11H2. The van der Waals surface area contributed by atoms with E-state index in [-0.39, 0.29) is 5.41 Å². The Bertz CT molecular complexity index is 549. The van der Waals surface area contributed by atoms with Crippen LogP contribution in [0, 0.1) is 5.41 Å². The van der Waals surface area contributed by atoms with Gasteiger partial charge in [0.15, 0.2) is 0 Å². The van der Waals surface area contributed by atoms with E-state index in [1.807, 2.05) is 30.3 Å². The molecule has 1 fully saturated rings. The van der Waals surface area contributed by atoms with Crippen LogP contribution in [0.5, 0.6) is 6.01 Å². The van der Waals surface area contributed by atoms with E-state index in [0.717, 1.165) is 11.4 Å². The second-order valence-electron chi connectivity index (χ2n) is 5.46. The van der Waals surface area contributed by atoms with Crippen molar-refractivity contribution >= 4 is 12.6 Å². The van der Waals surface area contributed by atoms with Gasteiger partial charge in [0.05, 0.1) is 12.3 Å². The molecule has 0 bridgehead atoms. The highest BCUT2D eigenvalue weighted by atomic mass is 32.1. The Morgan fingerprint density at radius 3 is 2.65 bits per heavy atom. The average Bonchev–Trinajstić information content (AvgIpc) is 3.16. The van der Waals surface area contributed by atoms with Gasteiger partial charge in [-0.25, -0.2) is 4.68 Å². The lowest BCUT2D eigenvalue weighted by Gasteiger charge is -2.25. The van der Waals surface area contributed by atoms with E-state index in [1.54, 1.807) is 11.0 Å². The fraction of sp³-hybridized carbons (Fsp3) is 0.467. The number of benzene rings is 1. The van der Waals surface area contributed by atoms with Gasteiger partial charge in [-0.15, -0.1) is 5.10 Å². The molecule has 1 aromatic carbocycles.